The molecule has 0 aliphatic heterocycles. The molecule has 6 heteroatoms. The topological polar surface area (TPSA) is 34.2 Å². The van der Waals surface area contributed by atoms with Crippen LogP contribution in [0.15, 0.2) is 30.3 Å². The molecule has 0 aliphatic carbocycles. The lowest BCUT2D eigenvalue weighted by atomic mass is 10.3. The summed E-state index contributed by atoms with van der Waals surface area (Å²) in [6.45, 7) is 3.52. The summed E-state index contributed by atoms with van der Waals surface area (Å²) >= 11 is 12.0. The van der Waals surface area contributed by atoms with Crippen LogP contribution in [0.3, 0.4) is 0 Å². The maximum absolute atomic E-state index is 13.0. The minimum atomic E-state index is -0.416. The zero-order valence-electron chi connectivity index (χ0n) is 11.5. The zero-order valence-corrected chi connectivity index (χ0v) is 13.0. The number of pyridine rings is 1. The van der Waals surface area contributed by atoms with Crippen LogP contribution in [-0.2, 0) is 6.54 Å². The Morgan fingerprint density at radius 2 is 2.00 bits per heavy atom. The normalized spacial score (nSPS) is 10.7. The van der Waals surface area contributed by atoms with Gasteiger partial charge < -0.3 is 10.1 Å². The lowest BCUT2D eigenvalue weighted by Crippen LogP contribution is -2.15. The second kappa shape index (κ2) is 7.59. The van der Waals surface area contributed by atoms with Gasteiger partial charge in [-0.2, -0.15) is 0 Å². The molecule has 112 valence electrons. The highest BCUT2D eigenvalue weighted by molar-refractivity contribution is 6.32. The first-order valence-corrected chi connectivity index (χ1v) is 7.34. The Labute approximate surface area is 133 Å². The Bertz CT molecular complexity index is 623. The molecule has 0 spiro atoms. The number of halogens is 3. The van der Waals surface area contributed by atoms with Crippen LogP contribution < -0.4 is 10.1 Å². The summed E-state index contributed by atoms with van der Waals surface area (Å²) in [6.07, 6.45) is 1.03. The molecule has 3 nitrogen and oxygen atoms in total. The van der Waals surface area contributed by atoms with E-state index >= 15 is 0 Å². The van der Waals surface area contributed by atoms with Crippen molar-refractivity contribution in [2.75, 3.05) is 6.54 Å². The molecule has 0 aliphatic rings. The number of nitrogens with zero attached hydrogens (tertiary/aromatic N) is 1. The third-order valence-corrected chi connectivity index (χ3v) is 3.36. The molecule has 0 saturated heterocycles. The Hall–Kier alpha value is -1.36. The monoisotopic (exact) mass is 328 g/mol. The molecule has 2 rings (SSSR count). The number of nitrogens with one attached hydrogen (secondary N) is 1. The van der Waals surface area contributed by atoms with Crippen LogP contribution in [0, 0.1) is 5.82 Å². The van der Waals surface area contributed by atoms with Crippen LogP contribution in [0.5, 0.6) is 11.6 Å². The fourth-order valence-electron chi connectivity index (χ4n) is 1.70. The van der Waals surface area contributed by atoms with E-state index < -0.39 is 5.82 Å². The quantitative estimate of drug-likeness (QED) is 0.772. The van der Waals surface area contributed by atoms with Gasteiger partial charge in [0.2, 0.25) is 5.88 Å². The molecule has 0 bridgehead atoms. The number of hydrogen-bond donors (Lipinski definition) is 1. The summed E-state index contributed by atoms with van der Waals surface area (Å²) in [5, 5.41) is 3.98. The van der Waals surface area contributed by atoms with Crippen molar-refractivity contribution in [2.45, 2.75) is 19.9 Å². The summed E-state index contributed by atoms with van der Waals surface area (Å²) < 4.78 is 18.6. The number of rotatable bonds is 6. The maximum Gasteiger partial charge on any atom is 0.219 e. The Morgan fingerprint density at radius 3 is 2.71 bits per heavy atom. The van der Waals surface area contributed by atoms with E-state index in [1.54, 1.807) is 12.1 Å². The highest BCUT2D eigenvalue weighted by Gasteiger charge is 2.08. The van der Waals surface area contributed by atoms with Crippen molar-refractivity contribution < 1.29 is 9.13 Å². The maximum atomic E-state index is 13.0. The van der Waals surface area contributed by atoms with E-state index in [1.807, 2.05) is 0 Å². The fourth-order valence-corrected chi connectivity index (χ4v) is 2.08. The molecular formula is C15H15Cl2FN2O. The molecule has 0 fully saturated rings. The molecule has 0 unspecified atom stereocenters. The third-order valence-electron chi connectivity index (χ3n) is 2.72. The Balaban J connectivity index is 2.14. The van der Waals surface area contributed by atoms with Crippen LogP contribution in [0.4, 0.5) is 4.39 Å². The van der Waals surface area contributed by atoms with E-state index in [2.05, 4.69) is 17.2 Å². The van der Waals surface area contributed by atoms with Gasteiger partial charge in [0, 0.05) is 12.6 Å². The van der Waals surface area contributed by atoms with Gasteiger partial charge in [0.1, 0.15) is 11.6 Å². The van der Waals surface area contributed by atoms with E-state index in [4.69, 9.17) is 27.9 Å². The largest absolute Gasteiger partial charge is 0.437 e. The molecular weight excluding hydrogens is 314 g/mol. The van der Waals surface area contributed by atoms with Crippen LogP contribution in [0.1, 0.15) is 19.0 Å². The molecule has 0 amide bonds. The highest BCUT2D eigenvalue weighted by Crippen LogP contribution is 2.29. The highest BCUT2D eigenvalue weighted by atomic mass is 35.5. The summed E-state index contributed by atoms with van der Waals surface area (Å²) in [4.78, 5) is 4.33. The van der Waals surface area contributed by atoms with Gasteiger partial charge >= 0.3 is 0 Å². The molecule has 0 saturated carbocycles. The molecule has 1 heterocycles. The minimum absolute atomic E-state index is 0.192. The second-order valence-corrected chi connectivity index (χ2v) is 5.25. The standard InChI is InChI=1S/C15H15Cl2FN2O/c1-2-7-19-9-13-11(16)4-6-15(20-13)21-14-5-3-10(18)8-12(14)17/h3-6,8,19H,2,7,9H2,1H3. The van der Waals surface area contributed by atoms with Crippen molar-refractivity contribution >= 4 is 23.2 Å². The molecule has 1 N–H and O–H groups in total. The van der Waals surface area contributed by atoms with Crippen LogP contribution in [-0.4, -0.2) is 11.5 Å². The summed E-state index contributed by atoms with van der Waals surface area (Å²) in [7, 11) is 0. The minimum Gasteiger partial charge on any atom is -0.437 e. The first-order chi connectivity index (χ1) is 10.1. The first-order valence-electron chi connectivity index (χ1n) is 6.59. The van der Waals surface area contributed by atoms with Crippen molar-refractivity contribution in [2.24, 2.45) is 0 Å². The number of aromatic nitrogens is 1. The van der Waals surface area contributed by atoms with Crippen molar-refractivity contribution in [3.8, 4) is 11.6 Å². The fraction of sp³-hybridized carbons (Fsp3) is 0.267. The van der Waals surface area contributed by atoms with Crippen molar-refractivity contribution in [1.82, 2.24) is 10.3 Å². The van der Waals surface area contributed by atoms with Crippen LogP contribution >= 0.6 is 23.2 Å². The van der Waals surface area contributed by atoms with Crippen molar-refractivity contribution in [3.63, 3.8) is 0 Å². The summed E-state index contributed by atoms with van der Waals surface area (Å²) in [5.74, 6) is 0.294. The van der Waals surface area contributed by atoms with Gasteiger partial charge in [0.15, 0.2) is 0 Å². The van der Waals surface area contributed by atoms with Crippen LogP contribution in [0.25, 0.3) is 0 Å². The predicted octanol–water partition coefficient (Wildman–Crippen LogP) is 4.82. The van der Waals surface area contributed by atoms with E-state index in [1.165, 1.54) is 18.2 Å². The Morgan fingerprint density at radius 1 is 1.19 bits per heavy atom. The zero-order chi connectivity index (χ0) is 15.2. The second-order valence-electron chi connectivity index (χ2n) is 4.43. The lowest BCUT2D eigenvalue weighted by molar-refractivity contribution is 0.458. The average molecular weight is 329 g/mol. The third kappa shape index (κ3) is 4.56. The van der Waals surface area contributed by atoms with Gasteiger partial charge in [-0.05, 0) is 37.2 Å². The first kappa shape index (κ1) is 16.0. The molecule has 2 aromatic rings. The Kier molecular flexibility index (Phi) is 5.79. The molecule has 1 aromatic heterocycles. The van der Waals surface area contributed by atoms with Gasteiger partial charge in [0.25, 0.3) is 0 Å². The molecule has 21 heavy (non-hydrogen) atoms. The van der Waals surface area contributed by atoms with Gasteiger partial charge in [-0.15, -0.1) is 0 Å². The smallest absolute Gasteiger partial charge is 0.219 e. The SMILES string of the molecule is CCCNCc1nc(Oc2ccc(F)cc2Cl)ccc1Cl. The molecule has 0 atom stereocenters. The van der Waals surface area contributed by atoms with E-state index in [0.717, 1.165) is 13.0 Å². The summed E-state index contributed by atoms with van der Waals surface area (Å²) in [5.41, 5.74) is 0.695. The van der Waals surface area contributed by atoms with Gasteiger partial charge in [-0.3, -0.25) is 0 Å². The van der Waals surface area contributed by atoms with Crippen molar-refractivity contribution in [3.05, 3.63) is 51.9 Å². The summed E-state index contributed by atoms with van der Waals surface area (Å²) in [6, 6.07) is 7.29. The predicted molar refractivity (Wildman–Crippen MR) is 82.7 cm³/mol. The van der Waals surface area contributed by atoms with Crippen LogP contribution in [0.2, 0.25) is 10.0 Å². The van der Waals surface area contributed by atoms with E-state index in [9.17, 15) is 4.39 Å². The molecule has 1 aromatic carbocycles. The average Bonchev–Trinajstić information content (AvgIpc) is 2.45. The molecule has 0 radical (unpaired) electrons. The number of ether oxygens (including phenoxy) is 1. The number of hydrogen-bond acceptors (Lipinski definition) is 3. The van der Waals surface area contributed by atoms with E-state index in [-0.39, 0.29) is 5.02 Å². The van der Waals surface area contributed by atoms with Gasteiger partial charge in [-0.25, -0.2) is 9.37 Å². The van der Waals surface area contributed by atoms with Crippen molar-refractivity contribution in [1.29, 1.82) is 0 Å². The van der Waals surface area contributed by atoms with E-state index in [0.29, 0.717) is 28.9 Å². The number of benzene rings is 1. The van der Waals surface area contributed by atoms with Gasteiger partial charge in [-0.1, -0.05) is 30.1 Å². The lowest BCUT2D eigenvalue weighted by Gasteiger charge is -2.10. The van der Waals surface area contributed by atoms with Gasteiger partial charge in [0.05, 0.1) is 15.7 Å².